The third-order valence-corrected chi connectivity index (χ3v) is 2.18. The standard InChI is InChI=1S/C12H21N5O2/c1-3-4-15-12-16-9(2)7-11(17-12)14-5-6-19-8-10(13)18/h7H,3-6,8H2,1-2H3,(H2,13,18)(H2,14,15,16,17). The topological polar surface area (TPSA) is 102 Å². The lowest BCUT2D eigenvalue weighted by Crippen LogP contribution is -2.20. The van der Waals surface area contributed by atoms with Gasteiger partial charge in [0.25, 0.3) is 0 Å². The number of hydrogen-bond acceptors (Lipinski definition) is 6. The van der Waals surface area contributed by atoms with Gasteiger partial charge in [-0.3, -0.25) is 4.79 Å². The fourth-order valence-electron chi connectivity index (χ4n) is 1.40. The molecule has 0 saturated heterocycles. The molecule has 1 aromatic heterocycles. The van der Waals surface area contributed by atoms with Crippen molar-refractivity contribution in [2.24, 2.45) is 5.73 Å². The second-order valence-corrected chi connectivity index (χ2v) is 4.09. The van der Waals surface area contributed by atoms with Crippen LogP contribution >= 0.6 is 0 Å². The number of aryl methyl sites for hydroxylation is 1. The molecule has 1 amide bonds. The van der Waals surface area contributed by atoms with Crippen LogP contribution in [0.3, 0.4) is 0 Å². The van der Waals surface area contributed by atoms with Crippen LogP contribution in [0.1, 0.15) is 19.0 Å². The van der Waals surface area contributed by atoms with Gasteiger partial charge in [0, 0.05) is 24.8 Å². The second-order valence-electron chi connectivity index (χ2n) is 4.09. The van der Waals surface area contributed by atoms with Crippen molar-refractivity contribution in [3.05, 3.63) is 11.8 Å². The van der Waals surface area contributed by atoms with E-state index in [0.717, 1.165) is 24.5 Å². The van der Waals surface area contributed by atoms with Gasteiger partial charge >= 0.3 is 0 Å². The molecule has 0 radical (unpaired) electrons. The van der Waals surface area contributed by atoms with Gasteiger partial charge in [-0.25, -0.2) is 4.98 Å². The van der Waals surface area contributed by atoms with Gasteiger partial charge < -0.3 is 21.1 Å². The number of nitrogens with two attached hydrogens (primary N) is 1. The van der Waals surface area contributed by atoms with Crippen LogP contribution in [-0.2, 0) is 9.53 Å². The lowest BCUT2D eigenvalue weighted by atomic mass is 10.4. The molecule has 0 saturated carbocycles. The molecule has 0 atom stereocenters. The molecule has 0 aromatic carbocycles. The Labute approximate surface area is 113 Å². The Hall–Kier alpha value is -1.89. The SMILES string of the molecule is CCCNc1nc(C)cc(NCCOCC(N)=O)n1. The second kappa shape index (κ2) is 8.25. The van der Waals surface area contributed by atoms with Crippen LogP contribution in [0.15, 0.2) is 6.07 Å². The minimum Gasteiger partial charge on any atom is -0.370 e. The van der Waals surface area contributed by atoms with E-state index in [1.807, 2.05) is 13.0 Å². The molecule has 0 unspecified atom stereocenters. The summed E-state index contributed by atoms with van der Waals surface area (Å²) in [5, 5.41) is 6.25. The van der Waals surface area contributed by atoms with E-state index in [-0.39, 0.29) is 6.61 Å². The van der Waals surface area contributed by atoms with Crippen molar-refractivity contribution in [3.8, 4) is 0 Å². The molecular formula is C12H21N5O2. The molecule has 0 aliphatic heterocycles. The van der Waals surface area contributed by atoms with Crippen LogP contribution in [0.2, 0.25) is 0 Å². The molecule has 106 valence electrons. The largest absolute Gasteiger partial charge is 0.370 e. The summed E-state index contributed by atoms with van der Waals surface area (Å²) < 4.78 is 5.05. The molecule has 0 aliphatic rings. The number of rotatable bonds is 9. The van der Waals surface area contributed by atoms with Crippen molar-refractivity contribution < 1.29 is 9.53 Å². The van der Waals surface area contributed by atoms with Gasteiger partial charge in [0.15, 0.2) is 0 Å². The summed E-state index contributed by atoms with van der Waals surface area (Å²) in [6.45, 7) is 5.71. The molecule has 0 spiro atoms. The summed E-state index contributed by atoms with van der Waals surface area (Å²) in [5.74, 6) is 0.875. The first-order valence-corrected chi connectivity index (χ1v) is 6.31. The fraction of sp³-hybridized carbons (Fsp3) is 0.583. The van der Waals surface area contributed by atoms with Gasteiger partial charge in [0.1, 0.15) is 12.4 Å². The third-order valence-electron chi connectivity index (χ3n) is 2.18. The van der Waals surface area contributed by atoms with Crippen molar-refractivity contribution in [1.29, 1.82) is 0 Å². The molecule has 0 fully saturated rings. The van der Waals surface area contributed by atoms with Crippen LogP contribution in [-0.4, -0.2) is 42.2 Å². The van der Waals surface area contributed by atoms with Gasteiger partial charge in [-0.15, -0.1) is 0 Å². The summed E-state index contributed by atoms with van der Waals surface area (Å²) in [4.78, 5) is 19.1. The quantitative estimate of drug-likeness (QED) is 0.564. The van der Waals surface area contributed by atoms with Gasteiger partial charge in [0.2, 0.25) is 11.9 Å². The molecular weight excluding hydrogens is 246 g/mol. The highest BCUT2D eigenvalue weighted by Crippen LogP contribution is 2.09. The fourth-order valence-corrected chi connectivity index (χ4v) is 1.40. The number of carbonyl (C=O) groups is 1. The van der Waals surface area contributed by atoms with E-state index in [1.54, 1.807) is 0 Å². The Bertz CT molecular complexity index is 411. The first kappa shape index (κ1) is 15.2. The number of nitrogens with one attached hydrogen (secondary N) is 2. The molecule has 19 heavy (non-hydrogen) atoms. The van der Waals surface area contributed by atoms with E-state index in [4.69, 9.17) is 10.5 Å². The molecule has 7 heteroatoms. The van der Waals surface area contributed by atoms with E-state index >= 15 is 0 Å². The van der Waals surface area contributed by atoms with Crippen molar-refractivity contribution in [3.63, 3.8) is 0 Å². The van der Waals surface area contributed by atoms with E-state index in [2.05, 4.69) is 27.5 Å². The predicted molar refractivity (Wildman–Crippen MR) is 74.1 cm³/mol. The van der Waals surface area contributed by atoms with Crippen molar-refractivity contribution >= 4 is 17.7 Å². The number of carbonyl (C=O) groups excluding carboxylic acids is 1. The predicted octanol–water partition coefficient (Wildman–Crippen LogP) is 0.521. The Kier molecular flexibility index (Phi) is 6.59. The Morgan fingerprint density at radius 3 is 2.84 bits per heavy atom. The van der Waals surface area contributed by atoms with Gasteiger partial charge in [-0.1, -0.05) is 6.92 Å². The van der Waals surface area contributed by atoms with Crippen LogP contribution in [0, 0.1) is 6.92 Å². The van der Waals surface area contributed by atoms with Crippen molar-refractivity contribution in [2.45, 2.75) is 20.3 Å². The number of nitrogens with zero attached hydrogens (tertiary/aromatic N) is 2. The summed E-state index contributed by atoms with van der Waals surface area (Å²) in [5.41, 5.74) is 5.84. The van der Waals surface area contributed by atoms with E-state index in [1.165, 1.54) is 0 Å². The number of hydrogen-bond donors (Lipinski definition) is 3. The van der Waals surface area contributed by atoms with Gasteiger partial charge in [-0.05, 0) is 13.3 Å². The summed E-state index contributed by atoms with van der Waals surface area (Å²) in [6.07, 6.45) is 1.01. The monoisotopic (exact) mass is 267 g/mol. The zero-order valence-electron chi connectivity index (χ0n) is 11.4. The first-order chi connectivity index (χ1) is 9.11. The molecule has 0 aliphatic carbocycles. The number of aromatic nitrogens is 2. The highest BCUT2D eigenvalue weighted by atomic mass is 16.5. The van der Waals surface area contributed by atoms with Gasteiger partial charge in [0.05, 0.1) is 6.61 Å². The average Bonchev–Trinajstić information content (AvgIpc) is 2.35. The highest BCUT2D eigenvalue weighted by molar-refractivity contribution is 5.74. The van der Waals surface area contributed by atoms with Crippen molar-refractivity contribution in [1.82, 2.24) is 9.97 Å². The van der Waals surface area contributed by atoms with Crippen LogP contribution in [0.25, 0.3) is 0 Å². The molecule has 1 aromatic rings. The summed E-state index contributed by atoms with van der Waals surface area (Å²) in [6, 6.07) is 1.85. The molecule has 1 rings (SSSR count). The lowest BCUT2D eigenvalue weighted by molar-refractivity contribution is -0.122. The first-order valence-electron chi connectivity index (χ1n) is 6.31. The van der Waals surface area contributed by atoms with E-state index in [9.17, 15) is 4.79 Å². The molecule has 0 bridgehead atoms. The third kappa shape index (κ3) is 6.56. The zero-order chi connectivity index (χ0) is 14.1. The van der Waals surface area contributed by atoms with E-state index in [0.29, 0.717) is 19.1 Å². The zero-order valence-corrected chi connectivity index (χ0v) is 11.4. The average molecular weight is 267 g/mol. The maximum atomic E-state index is 10.5. The Morgan fingerprint density at radius 2 is 2.16 bits per heavy atom. The summed E-state index contributed by atoms with van der Waals surface area (Å²) in [7, 11) is 0. The Balaban J connectivity index is 2.40. The maximum Gasteiger partial charge on any atom is 0.243 e. The molecule has 4 N–H and O–H groups in total. The van der Waals surface area contributed by atoms with Crippen LogP contribution in [0.5, 0.6) is 0 Å². The smallest absolute Gasteiger partial charge is 0.243 e. The number of primary amides is 1. The van der Waals surface area contributed by atoms with Gasteiger partial charge in [-0.2, -0.15) is 4.98 Å². The number of anilines is 2. The molecule has 7 nitrogen and oxygen atoms in total. The minimum atomic E-state index is -0.469. The normalized spacial score (nSPS) is 10.2. The Morgan fingerprint density at radius 1 is 1.37 bits per heavy atom. The van der Waals surface area contributed by atoms with Crippen LogP contribution < -0.4 is 16.4 Å². The van der Waals surface area contributed by atoms with Crippen LogP contribution in [0.4, 0.5) is 11.8 Å². The van der Waals surface area contributed by atoms with Crippen molar-refractivity contribution in [2.75, 3.05) is 36.9 Å². The maximum absolute atomic E-state index is 10.5. The van der Waals surface area contributed by atoms with E-state index < -0.39 is 5.91 Å². The highest BCUT2D eigenvalue weighted by Gasteiger charge is 2.01. The minimum absolute atomic E-state index is 0.0617. The molecule has 1 heterocycles. The number of amides is 1. The summed E-state index contributed by atoms with van der Waals surface area (Å²) >= 11 is 0. The lowest BCUT2D eigenvalue weighted by Gasteiger charge is -2.09. The number of ether oxygens (including phenoxy) is 1.